The second-order valence-electron chi connectivity index (χ2n) is 2.31. The van der Waals surface area contributed by atoms with Crippen LogP contribution < -0.4 is 5.32 Å². The molecule has 1 aromatic carbocycles. The van der Waals surface area contributed by atoms with Crippen molar-refractivity contribution in [3.8, 4) is 0 Å². The normalized spacial score (nSPS) is 9.77. The smallest absolute Gasteiger partial charge is 0.235 e. The van der Waals surface area contributed by atoms with E-state index < -0.39 is 0 Å². The molecule has 1 amide bonds. The van der Waals surface area contributed by atoms with Gasteiger partial charge in [-0.05, 0) is 34.1 Å². The topological polar surface area (TPSA) is 29.1 Å². The number of rotatable bonds is 2. The number of anilines is 1. The summed E-state index contributed by atoms with van der Waals surface area (Å²) in [5.74, 6) is -0.0706. The third-order valence-corrected chi connectivity index (χ3v) is 3.02. The lowest BCUT2D eigenvalue weighted by Gasteiger charge is -2.05. The summed E-state index contributed by atoms with van der Waals surface area (Å²) >= 11 is 9.74. The van der Waals surface area contributed by atoms with Crippen molar-refractivity contribution in [1.82, 2.24) is 0 Å². The van der Waals surface area contributed by atoms with Gasteiger partial charge in [-0.1, -0.05) is 31.9 Å². The highest BCUT2D eigenvalue weighted by Gasteiger charge is 2.03. The van der Waals surface area contributed by atoms with Crippen LogP contribution in [0.5, 0.6) is 0 Å². The summed E-state index contributed by atoms with van der Waals surface area (Å²) in [6.07, 6.45) is 0. The summed E-state index contributed by atoms with van der Waals surface area (Å²) in [6, 6.07) is 5.60. The van der Waals surface area contributed by atoms with Crippen molar-refractivity contribution in [1.29, 1.82) is 0 Å². The van der Waals surface area contributed by atoms with Crippen LogP contribution in [0.25, 0.3) is 0 Å². The second-order valence-corrected chi connectivity index (χ2v) is 4.64. The van der Waals surface area contributed by atoms with Crippen molar-refractivity contribution < 1.29 is 4.79 Å². The van der Waals surface area contributed by atoms with Crippen molar-refractivity contribution in [2.75, 3.05) is 10.6 Å². The van der Waals surface area contributed by atoms with Gasteiger partial charge >= 0.3 is 0 Å². The summed E-state index contributed by atoms with van der Waals surface area (Å²) in [4.78, 5) is 11.1. The van der Waals surface area contributed by atoms with Crippen molar-refractivity contribution in [3.05, 3.63) is 27.1 Å². The van der Waals surface area contributed by atoms with E-state index >= 15 is 0 Å². The second kappa shape index (κ2) is 5.12. The van der Waals surface area contributed by atoms with Crippen molar-refractivity contribution in [3.63, 3.8) is 0 Å². The third kappa shape index (κ3) is 3.40. The summed E-state index contributed by atoms with van der Waals surface area (Å²) in [5, 5.41) is 3.04. The number of carbonyl (C=O) groups is 1. The van der Waals surface area contributed by atoms with Crippen LogP contribution in [0.15, 0.2) is 27.1 Å². The molecule has 1 rings (SSSR count). The first-order valence-electron chi connectivity index (χ1n) is 3.44. The fraction of sp³-hybridized carbons (Fsp3) is 0.125. The highest BCUT2D eigenvalue weighted by molar-refractivity contribution is 9.11. The van der Waals surface area contributed by atoms with Gasteiger partial charge in [0.05, 0.1) is 11.0 Å². The summed E-state index contributed by atoms with van der Waals surface area (Å²) in [6.45, 7) is 0. The highest BCUT2D eigenvalue weighted by Crippen LogP contribution is 2.26. The fourth-order valence-corrected chi connectivity index (χ4v) is 1.62. The molecule has 0 radical (unpaired) electrons. The number of hydrogen-bond acceptors (Lipinski definition) is 1. The van der Waals surface area contributed by atoms with E-state index in [9.17, 15) is 4.79 Å². The first kappa shape index (κ1) is 11.2. The molecule has 1 N–H and O–H groups in total. The van der Waals surface area contributed by atoms with Gasteiger partial charge < -0.3 is 5.32 Å². The predicted molar refractivity (Wildman–Crippen MR) is 64.3 cm³/mol. The van der Waals surface area contributed by atoms with E-state index in [-0.39, 0.29) is 5.91 Å². The number of benzene rings is 1. The van der Waals surface area contributed by atoms with E-state index in [2.05, 4.69) is 53.1 Å². The molecule has 2 nitrogen and oxygen atoms in total. The van der Waals surface area contributed by atoms with E-state index in [1.54, 1.807) is 0 Å². The highest BCUT2D eigenvalue weighted by atomic mass is 79.9. The summed E-state index contributed by atoms with van der Waals surface area (Å²) < 4.78 is 1.80. The molecular weight excluding hydrogens is 366 g/mol. The van der Waals surface area contributed by atoms with Crippen LogP contribution in [0.1, 0.15) is 0 Å². The first-order valence-corrected chi connectivity index (χ1v) is 6.15. The molecular formula is C8H6Br3NO. The van der Waals surface area contributed by atoms with Crippen LogP contribution in [0.4, 0.5) is 5.69 Å². The maximum Gasteiger partial charge on any atom is 0.235 e. The average molecular weight is 372 g/mol. The number of hydrogen-bond donors (Lipinski definition) is 1. The lowest BCUT2D eigenvalue weighted by Crippen LogP contribution is -2.12. The van der Waals surface area contributed by atoms with Gasteiger partial charge in [0.15, 0.2) is 0 Å². The standard InChI is InChI=1S/C8H6Br3NO/c9-4-8(13)12-7-3-5(10)1-2-6(7)11/h1-3H,4H2,(H,12,13). The molecule has 0 aliphatic rings. The predicted octanol–water partition coefficient (Wildman–Crippen LogP) is 3.55. The maximum absolute atomic E-state index is 11.1. The lowest BCUT2D eigenvalue weighted by atomic mass is 10.3. The van der Waals surface area contributed by atoms with E-state index in [0.717, 1.165) is 14.6 Å². The largest absolute Gasteiger partial charge is 0.324 e. The van der Waals surface area contributed by atoms with Gasteiger partial charge in [-0.2, -0.15) is 0 Å². The molecule has 0 atom stereocenters. The number of halogens is 3. The Kier molecular flexibility index (Phi) is 4.41. The SMILES string of the molecule is O=C(CBr)Nc1cc(Br)ccc1Br. The minimum absolute atomic E-state index is 0.0706. The van der Waals surface area contributed by atoms with Gasteiger partial charge in [0.1, 0.15) is 0 Å². The van der Waals surface area contributed by atoms with Crippen LogP contribution in [0.2, 0.25) is 0 Å². The Labute approximate surface area is 101 Å². The third-order valence-electron chi connectivity index (χ3n) is 1.32. The van der Waals surface area contributed by atoms with Crippen molar-refractivity contribution in [2.24, 2.45) is 0 Å². The number of amides is 1. The Balaban J connectivity index is 2.87. The van der Waals surface area contributed by atoms with Crippen molar-refractivity contribution >= 4 is 59.4 Å². The molecule has 0 heterocycles. The molecule has 0 aliphatic heterocycles. The fourth-order valence-electron chi connectivity index (χ4n) is 0.777. The van der Waals surface area contributed by atoms with Crippen LogP contribution in [-0.4, -0.2) is 11.2 Å². The van der Waals surface area contributed by atoms with Gasteiger partial charge in [0.25, 0.3) is 0 Å². The van der Waals surface area contributed by atoms with Gasteiger partial charge in [-0.25, -0.2) is 0 Å². The number of carbonyl (C=O) groups excluding carboxylic acids is 1. The molecule has 0 aromatic heterocycles. The molecule has 0 fully saturated rings. The number of nitrogens with one attached hydrogen (secondary N) is 1. The molecule has 0 saturated heterocycles. The van der Waals surface area contributed by atoms with Gasteiger partial charge in [0.2, 0.25) is 5.91 Å². The minimum atomic E-state index is -0.0706. The maximum atomic E-state index is 11.1. The monoisotopic (exact) mass is 369 g/mol. The summed E-state index contributed by atoms with van der Waals surface area (Å²) in [7, 11) is 0. The molecule has 0 aliphatic carbocycles. The van der Waals surface area contributed by atoms with Crippen molar-refractivity contribution in [2.45, 2.75) is 0 Å². The first-order chi connectivity index (χ1) is 6.13. The molecule has 1 aromatic rings. The Bertz CT molecular complexity index is 327. The molecule has 0 unspecified atom stereocenters. The Morgan fingerprint density at radius 2 is 2.08 bits per heavy atom. The summed E-state index contributed by atoms with van der Waals surface area (Å²) in [5.41, 5.74) is 0.763. The van der Waals surface area contributed by atoms with Crippen LogP contribution in [-0.2, 0) is 4.79 Å². The minimum Gasteiger partial charge on any atom is -0.324 e. The average Bonchev–Trinajstić information content (AvgIpc) is 2.11. The van der Waals surface area contributed by atoms with E-state index in [1.807, 2.05) is 18.2 Å². The van der Waals surface area contributed by atoms with E-state index in [4.69, 9.17) is 0 Å². The molecule has 0 bridgehead atoms. The Hall–Kier alpha value is 0.130. The number of alkyl halides is 1. The van der Waals surface area contributed by atoms with E-state index in [1.165, 1.54) is 0 Å². The van der Waals surface area contributed by atoms with Crippen LogP contribution in [0.3, 0.4) is 0 Å². The van der Waals surface area contributed by atoms with Gasteiger partial charge in [-0.3, -0.25) is 4.79 Å². The van der Waals surface area contributed by atoms with Crippen LogP contribution in [0, 0.1) is 0 Å². The zero-order valence-corrected chi connectivity index (χ0v) is 11.2. The Morgan fingerprint density at radius 3 is 2.69 bits per heavy atom. The quantitative estimate of drug-likeness (QED) is 0.791. The van der Waals surface area contributed by atoms with E-state index in [0.29, 0.717) is 5.33 Å². The molecule has 5 heteroatoms. The zero-order valence-electron chi connectivity index (χ0n) is 6.48. The molecule has 0 spiro atoms. The zero-order chi connectivity index (χ0) is 9.84. The Morgan fingerprint density at radius 1 is 1.38 bits per heavy atom. The van der Waals surface area contributed by atoms with Crippen LogP contribution >= 0.6 is 47.8 Å². The van der Waals surface area contributed by atoms with Gasteiger partial charge in [0, 0.05) is 8.95 Å². The molecule has 0 saturated carbocycles. The van der Waals surface area contributed by atoms with Gasteiger partial charge in [-0.15, -0.1) is 0 Å². The lowest BCUT2D eigenvalue weighted by molar-refractivity contribution is -0.113. The molecule has 70 valence electrons. The molecule has 13 heavy (non-hydrogen) atoms.